The van der Waals surface area contributed by atoms with Gasteiger partial charge in [0.25, 0.3) is 0 Å². The van der Waals surface area contributed by atoms with Gasteiger partial charge in [0.05, 0.1) is 13.2 Å². The Balaban J connectivity index is 1.26. The molecule has 0 bridgehead atoms. The lowest BCUT2D eigenvalue weighted by Gasteiger charge is -2.34. The van der Waals surface area contributed by atoms with E-state index in [2.05, 4.69) is 66.9 Å². The summed E-state index contributed by atoms with van der Waals surface area (Å²) in [6.07, 6.45) is 2.48. The minimum absolute atomic E-state index is 0.587. The van der Waals surface area contributed by atoms with E-state index in [0.717, 1.165) is 50.7 Å². The zero-order valence-electron chi connectivity index (χ0n) is 16.6. The number of nitrogens with zero attached hydrogens (tertiary/aromatic N) is 5. The van der Waals surface area contributed by atoms with Crippen molar-refractivity contribution in [1.29, 1.82) is 0 Å². The third-order valence-corrected chi connectivity index (χ3v) is 7.13. The molecule has 0 unspecified atom stereocenters. The number of hydrogen-bond donors (Lipinski definition) is 0. The third kappa shape index (κ3) is 4.53. The molecule has 1 aliphatic carbocycles. The van der Waals surface area contributed by atoms with E-state index in [4.69, 9.17) is 17.3 Å². The SMILES string of the molecule is S=c1n(CN2CCN(Cc3cccs3)CC2)nc(C2CC2)n1Cc1ccccc1. The lowest BCUT2D eigenvalue weighted by Crippen LogP contribution is -2.46. The van der Waals surface area contributed by atoms with Crippen LogP contribution >= 0.6 is 23.6 Å². The van der Waals surface area contributed by atoms with Gasteiger partial charge in [-0.3, -0.25) is 14.4 Å². The van der Waals surface area contributed by atoms with Crippen LogP contribution in [0.4, 0.5) is 0 Å². The van der Waals surface area contributed by atoms with Crippen molar-refractivity contribution in [3.63, 3.8) is 0 Å². The summed E-state index contributed by atoms with van der Waals surface area (Å²) in [6.45, 7) is 7.03. The molecule has 0 spiro atoms. The molecule has 1 saturated heterocycles. The van der Waals surface area contributed by atoms with Gasteiger partial charge in [-0.15, -0.1) is 11.3 Å². The molecule has 152 valence electrons. The van der Waals surface area contributed by atoms with Crippen molar-refractivity contribution in [3.05, 3.63) is 68.9 Å². The van der Waals surface area contributed by atoms with Gasteiger partial charge in [-0.25, -0.2) is 4.68 Å². The van der Waals surface area contributed by atoms with E-state index in [1.807, 2.05) is 11.3 Å². The van der Waals surface area contributed by atoms with Gasteiger partial charge >= 0.3 is 0 Å². The molecule has 0 radical (unpaired) electrons. The molecule has 3 heterocycles. The highest BCUT2D eigenvalue weighted by Gasteiger charge is 2.30. The van der Waals surface area contributed by atoms with Crippen molar-refractivity contribution in [2.75, 3.05) is 26.2 Å². The normalized spacial score (nSPS) is 18.3. The summed E-state index contributed by atoms with van der Waals surface area (Å²) in [5.41, 5.74) is 1.28. The summed E-state index contributed by atoms with van der Waals surface area (Å²) in [6, 6.07) is 15.0. The van der Waals surface area contributed by atoms with E-state index >= 15 is 0 Å². The van der Waals surface area contributed by atoms with Crippen molar-refractivity contribution < 1.29 is 0 Å². The minimum Gasteiger partial charge on any atom is -0.299 e. The Morgan fingerprint density at radius 1 is 0.931 bits per heavy atom. The van der Waals surface area contributed by atoms with E-state index in [1.54, 1.807) is 0 Å². The quantitative estimate of drug-likeness (QED) is 0.531. The van der Waals surface area contributed by atoms with Crippen molar-refractivity contribution in [2.24, 2.45) is 0 Å². The molecule has 0 atom stereocenters. The first-order valence-corrected chi connectivity index (χ1v) is 11.7. The lowest BCUT2D eigenvalue weighted by atomic mass is 10.2. The fourth-order valence-electron chi connectivity index (χ4n) is 4.01. The van der Waals surface area contributed by atoms with E-state index in [0.29, 0.717) is 5.92 Å². The number of benzene rings is 1. The summed E-state index contributed by atoms with van der Waals surface area (Å²) >= 11 is 7.70. The van der Waals surface area contributed by atoms with Crippen LogP contribution in [0.15, 0.2) is 47.8 Å². The standard InChI is InChI=1S/C22H27N5S2/c28-22-26(15-18-5-2-1-3-6-18)21(19-8-9-19)23-27(22)17-25-12-10-24(11-13-25)16-20-7-4-14-29-20/h1-7,14,19H,8-13,15-17H2. The highest BCUT2D eigenvalue weighted by Crippen LogP contribution is 2.39. The second-order valence-electron chi connectivity index (χ2n) is 8.10. The second kappa shape index (κ2) is 8.52. The Morgan fingerprint density at radius 2 is 1.69 bits per heavy atom. The smallest absolute Gasteiger partial charge is 0.199 e. The predicted octanol–water partition coefficient (Wildman–Crippen LogP) is 4.18. The van der Waals surface area contributed by atoms with E-state index in [-0.39, 0.29) is 0 Å². The number of hydrogen-bond acceptors (Lipinski definition) is 5. The molecule has 0 amide bonds. The van der Waals surface area contributed by atoms with Crippen molar-refractivity contribution in [2.45, 2.75) is 38.5 Å². The number of rotatable bonds is 7. The molecule has 1 aliphatic heterocycles. The molecular formula is C22H27N5S2. The van der Waals surface area contributed by atoms with Crippen LogP contribution in [0, 0.1) is 4.77 Å². The van der Waals surface area contributed by atoms with Crippen LogP contribution in [0.25, 0.3) is 0 Å². The average Bonchev–Trinajstić information content (AvgIpc) is 3.39. The van der Waals surface area contributed by atoms with Crippen LogP contribution in [0.2, 0.25) is 0 Å². The van der Waals surface area contributed by atoms with E-state index in [1.165, 1.54) is 29.1 Å². The highest BCUT2D eigenvalue weighted by molar-refractivity contribution is 7.71. The number of thiophene rings is 1. The van der Waals surface area contributed by atoms with Crippen LogP contribution in [0.5, 0.6) is 0 Å². The van der Waals surface area contributed by atoms with Crippen LogP contribution in [-0.4, -0.2) is 50.3 Å². The topological polar surface area (TPSA) is 29.2 Å². The average molecular weight is 426 g/mol. The molecule has 0 N–H and O–H groups in total. The molecule has 1 saturated carbocycles. The summed E-state index contributed by atoms with van der Waals surface area (Å²) in [4.78, 5) is 6.48. The van der Waals surface area contributed by atoms with Crippen LogP contribution < -0.4 is 0 Å². The summed E-state index contributed by atoms with van der Waals surface area (Å²) in [5, 5.41) is 7.13. The first-order valence-electron chi connectivity index (χ1n) is 10.4. The summed E-state index contributed by atoms with van der Waals surface area (Å²) in [7, 11) is 0. The molecule has 2 aliphatic rings. The summed E-state index contributed by atoms with van der Waals surface area (Å²) in [5.74, 6) is 1.76. The van der Waals surface area contributed by atoms with Gasteiger partial charge in [0.2, 0.25) is 0 Å². The van der Waals surface area contributed by atoms with E-state index < -0.39 is 0 Å². The lowest BCUT2D eigenvalue weighted by molar-refractivity contribution is 0.0985. The van der Waals surface area contributed by atoms with Gasteiger partial charge < -0.3 is 0 Å². The molecule has 7 heteroatoms. The fraction of sp³-hybridized carbons (Fsp3) is 0.455. The monoisotopic (exact) mass is 425 g/mol. The highest BCUT2D eigenvalue weighted by atomic mass is 32.1. The zero-order valence-corrected chi connectivity index (χ0v) is 18.2. The van der Waals surface area contributed by atoms with Gasteiger partial charge in [0, 0.05) is 43.5 Å². The first kappa shape index (κ1) is 19.2. The molecular weight excluding hydrogens is 398 g/mol. The molecule has 5 nitrogen and oxygen atoms in total. The summed E-state index contributed by atoms with van der Waals surface area (Å²) < 4.78 is 5.17. The van der Waals surface area contributed by atoms with Crippen LogP contribution in [0.1, 0.15) is 35.0 Å². The van der Waals surface area contributed by atoms with Gasteiger partial charge in [0.15, 0.2) is 4.77 Å². The molecule has 1 aromatic carbocycles. The maximum Gasteiger partial charge on any atom is 0.199 e. The Morgan fingerprint density at radius 3 is 2.38 bits per heavy atom. The van der Waals surface area contributed by atoms with Crippen molar-refractivity contribution >= 4 is 23.6 Å². The molecule has 3 aromatic rings. The third-order valence-electron chi connectivity index (χ3n) is 5.84. The number of piperazine rings is 1. The molecule has 29 heavy (non-hydrogen) atoms. The Hall–Kier alpha value is -1.80. The van der Waals surface area contributed by atoms with Crippen molar-refractivity contribution in [3.8, 4) is 0 Å². The minimum atomic E-state index is 0.587. The van der Waals surface area contributed by atoms with Gasteiger partial charge in [-0.05, 0) is 42.1 Å². The first-order chi connectivity index (χ1) is 14.3. The Kier molecular flexibility index (Phi) is 5.63. The fourth-order valence-corrected chi connectivity index (χ4v) is 5.01. The maximum atomic E-state index is 5.86. The second-order valence-corrected chi connectivity index (χ2v) is 9.50. The Labute approximate surface area is 181 Å². The van der Waals surface area contributed by atoms with E-state index in [9.17, 15) is 0 Å². The van der Waals surface area contributed by atoms with Gasteiger partial charge in [-0.2, -0.15) is 5.10 Å². The molecule has 2 fully saturated rings. The zero-order chi connectivity index (χ0) is 19.6. The van der Waals surface area contributed by atoms with Gasteiger partial charge in [0.1, 0.15) is 5.82 Å². The number of aromatic nitrogens is 3. The van der Waals surface area contributed by atoms with Crippen LogP contribution in [0.3, 0.4) is 0 Å². The van der Waals surface area contributed by atoms with Crippen LogP contribution in [-0.2, 0) is 19.8 Å². The maximum absolute atomic E-state index is 5.86. The Bertz CT molecular complexity index is 980. The molecule has 5 rings (SSSR count). The largest absolute Gasteiger partial charge is 0.299 e. The predicted molar refractivity (Wildman–Crippen MR) is 120 cm³/mol. The van der Waals surface area contributed by atoms with Gasteiger partial charge in [-0.1, -0.05) is 36.4 Å². The van der Waals surface area contributed by atoms with Crippen molar-refractivity contribution in [1.82, 2.24) is 24.1 Å². The molecule has 2 aromatic heterocycles.